The van der Waals surface area contributed by atoms with E-state index in [4.69, 9.17) is 23.2 Å². The van der Waals surface area contributed by atoms with Crippen LogP contribution in [0.5, 0.6) is 0 Å². The monoisotopic (exact) mass is 380 g/mol. The Morgan fingerprint density at radius 3 is 2.84 bits per heavy atom. The number of nitro groups is 1. The molecular formula is C14H10Cl2N6O3. The van der Waals surface area contributed by atoms with Crippen LogP contribution in [0.15, 0.2) is 36.7 Å². The van der Waals surface area contributed by atoms with E-state index in [0.29, 0.717) is 16.6 Å². The SMILES string of the molecule is O=C(Nc1ccn(Cc2ccc(Cl)c(Cl)c2)n1)c1[nH]ncc1[N+](=O)[O-]. The second-order valence-corrected chi connectivity index (χ2v) is 5.80. The maximum absolute atomic E-state index is 12.1. The molecule has 11 heteroatoms. The molecule has 0 aliphatic heterocycles. The number of rotatable bonds is 5. The Morgan fingerprint density at radius 2 is 2.12 bits per heavy atom. The van der Waals surface area contributed by atoms with Crippen LogP contribution in [0, 0.1) is 10.1 Å². The van der Waals surface area contributed by atoms with E-state index in [1.165, 1.54) is 0 Å². The number of H-pyrrole nitrogens is 1. The molecule has 128 valence electrons. The molecule has 3 aromatic rings. The van der Waals surface area contributed by atoms with Gasteiger partial charge in [0.25, 0.3) is 5.91 Å². The molecule has 2 aromatic heterocycles. The first-order valence-electron chi connectivity index (χ1n) is 6.90. The van der Waals surface area contributed by atoms with Crippen molar-refractivity contribution in [3.05, 3.63) is 68.1 Å². The van der Waals surface area contributed by atoms with E-state index < -0.39 is 16.5 Å². The number of halogens is 2. The van der Waals surface area contributed by atoms with Gasteiger partial charge in [-0.05, 0) is 17.7 Å². The van der Waals surface area contributed by atoms with E-state index >= 15 is 0 Å². The lowest BCUT2D eigenvalue weighted by atomic mass is 10.2. The van der Waals surface area contributed by atoms with Crippen molar-refractivity contribution in [3.63, 3.8) is 0 Å². The molecule has 0 spiro atoms. The molecule has 9 nitrogen and oxygen atoms in total. The molecule has 2 N–H and O–H groups in total. The third-order valence-corrected chi connectivity index (χ3v) is 3.99. The number of nitrogens with zero attached hydrogens (tertiary/aromatic N) is 4. The number of aromatic nitrogens is 4. The highest BCUT2D eigenvalue weighted by atomic mass is 35.5. The van der Waals surface area contributed by atoms with Gasteiger partial charge in [0.2, 0.25) is 5.69 Å². The number of amides is 1. The third-order valence-electron chi connectivity index (χ3n) is 3.25. The quantitative estimate of drug-likeness (QED) is 0.520. The molecule has 1 aromatic carbocycles. The van der Waals surface area contributed by atoms with E-state index in [2.05, 4.69) is 20.6 Å². The zero-order valence-electron chi connectivity index (χ0n) is 12.4. The number of benzene rings is 1. The molecule has 0 saturated carbocycles. The van der Waals surface area contributed by atoms with Crippen molar-refractivity contribution in [1.29, 1.82) is 0 Å². The van der Waals surface area contributed by atoms with Gasteiger partial charge in [0.1, 0.15) is 6.20 Å². The van der Waals surface area contributed by atoms with Gasteiger partial charge >= 0.3 is 5.69 Å². The standard InChI is InChI=1S/C14H10Cl2N6O3/c15-9-2-1-8(5-10(9)16)7-21-4-3-12(20-21)18-14(23)13-11(22(24)25)6-17-19-13/h1-6H,7H2,(H,17,19)(H,18,20,23). The molecule has 0 unspecified atom stereocenters. The van der Waals surface area contributed by atoms with Gasteiger partial charge in [-0.1, -0.05) is 29.3 Å². The maximum atomic E-state index is 12.1. The molecule has 2 heterocycles. The summed E-state index contributed by atoms with van der Waals surface area (Å²) in [6.45, 7) is 0.414. The van der Waals surface area contributed by atoms with Crippen LogP contribution in [0.25, 0.3) is 0 Å². The highest BCUT2D eigenvalue weighted by Crippen LogP contribution is 2.23. The zero-order chi connectivity index (χ0) is 18.0. The van der Waals surface area contributed by atoms with Crippen LogP contribution in [0.1, 0.15) is 16.1 Å². The van der Waals surface area contributed by atoms with Crippen molar-refractivity contribution in [2.75, 3.05) is 5.32 Å². The van der Waals surface area contributed by atoms with Gasteiger partial charge < -0.3 is 5.32 Å². The normalized spacial score (nSPS) is 10.6. The second-order valence-electron chi connectivity index (χ2n) is 4.99. The largest absolute Gasteiger partial charge is 0.319 e. The van der Waals surface area contributed by atoms with Gasteiger partial charge in [0, 0.05) is 12.3 Å². The molecule has 0 radical (unpaired) electrons. The van der Waals surface area contributed by atoms with Crippen LogP contribution < -0.4 is 5.32 Å². The number of carbonyl (C=O) groups is 1. The lowest BCUT2D eigenvalue weighted by Gasteiger charge is -2.04. The first-order chi connectivity index (χ1) is 11.9. The number of hydrogen-bond donors (Lipinski definition) is 2. The minimum absolute atomic E-state index is 0.244. The van der Waals surface area contributed by atoms with Crippen LogP contribution in [-0.2, 0) is 6.54 Å². The number of hydrogen-bond acceptors (Lipinski definition) is 5. The van der Waals surface area contributed by atoms with Crippen molar-refractivity contribution in [2.24, 2.45) is 0 Å². The van der Waals surface area contributed by atoms with Crippen molar-refractivity contribution in [2.45, 2.75) is 6.54 Å². The molecule has 25 heavy (non-hydrogen) atoms. The summed E-state index contributed by atoms with van der Waals surface area (Å²) < 4.78 is 1.58. The summed E-state index contributed by atoms with van der Waals surface area (Å²) in [5.41, 5.74) is 0.219. The summed E-state index contributed by atoms with van der Waals surface area (Å²) in [6.07, 6.45) is 2.62. The van der Waals surface area contributed by atoms with E-state index in [1.54, 1.807) is 29.1 Å². The van der Waals surface area contributed by atoms with Crippen LogP contribution >= 0.6 is 23.2 Å². The summed E-state index contributed by atoms with van der Waals surface area (Å²) in [6, 6.07) is 6.78. The van der Waals surface area contributed by atoms with Gasteiger partial charge in [-0.15, -0.1) is 0 Å². The van der Waals surface area contributed by atoms with E-state index in [9.17, 15) is 14.9 Å². The van der Waals surface area contributed by atoms with Gasteiger partial charge in [-0.2, -0.15) is 10.2 Å². The van der Waals surface area contributed by atoms with Crippen molar-refractivity contribution < 1.29 is 9.72 Å². The summed E-state index contributed by atoms with van der Waals surface area (Å²) >= 11 is 11.8. The molecule has 0 saturated heterocycles. The number of anilines is 1. The van der Waals surface area contributed by atoms with E-state index in [-0.39, 0.29) is 11.5 Å². The van der Waals surface area contributed by atoms with Gasteiger partial charge in [-0.3, -0.25) is 24.7 Å². The Labute approximate surface area is 150 Å². The molecule has 3 rings (SSSR count). The number of aromatic amines is 1. The van der Waals surface area contributed by atoms with Crippen LogP contribution in [0.4, 0.5) is 11.5 Å². The summed E-state index contributed by atoms with van der Waals surface area (Å²) in [7, 11) is 0. The minimum Gasteiger partial charge on any atom is -0.304 e. The fourth-order valence-electron chi connectivity index (χ4n) is 2.11. The molecule has 0 bridgehead atoms. The fourth-order valence-corrected chi connectivity index (χ4v) is 2.43. The van der Waals surface area contributed by atoms with E-state index in [0.717, 1.165) is 11.8 Å². The minimum atomic E-state index is -0.705. The molecule has 0 aliphatic rings. The smallest absolute Gasteiger partial charge is 0.304 e. The molecule has 0 fully saturated rings. The Kier molecular flexibility index (Phi) is 4.68. The van der Waals surface area contributed by atoms with Crippen molar-refractivity contribution in [1.82, 2.24) is 20.0 Å². The predicted molar refractivity (Wildman–Crippen MR) is 91.0 cm³/mol. The summed E-state index contributed by atoms with van der Waals surface area (Å²) in [5, 5.41) is 24.2. The highest BCUT2D eigenvalue weighted by molar-refractivity contribution is 6.42. The van der Waals surface area contributed by atoms with Gasteiger partial charge in [0.15, 0.2) is 5.82 Å². The average molecular weight is 381 g/mol. The van der Waals surface area contributed by atoms with Crippen LogP contribution in [0.3, 0.4) is 0 Å². The third kappa shape index (κ3) is 3.78. The van der Waals surface area contributed by atoms with Crippen LogP contribution in [-0.4, -0.2) is 30.8 Å². The Balaban J connectivity index is 1.71. The van der Waals surface area contributed by atoms with Gasteiger partial charge in [0.05, 0.1) is 21.5 Å². The van der Waals surface area contributed by atoms with Crippen LogP contribution in [0.2, 0.25) is 10.0 Å². The number of nitrogens with one attached hydrogen (secondary N) is 2. The number of carbonyl (C=O) groups excluding carboxylic acids is 1. The Hall–Kier alpha value is -2.91. The van der Waals surface area contributed by atoms with Crippen molar-refractivity contribution >= 4 is 40.6 Å². The summed E-state index contributed by atoms with van der Waals surface area (Å²) in [4.78, 5) is 22.2. The molecule has 0 aliphatic carbocycles. The van der Waals surface area contributed by atoms with Gasteiger partial charge in [-0.25, -0.2) is 0 Å². The lowest BCUT2D eigenvalue weighted by Crippen LogP contribution is -2.15. The molecule has 1 amide bonds. The first-order valence-corrected chi connectivity index (χ1v) is 7.66. The molecule has 0 atom stereocenters. The zero-order valence-corrected chi connectivity index (χ0v) is 14.0. The predicted octanol–water partition coefficient (Wildman–Crippen LogP) is 3.12. The topological polar surface area (TPSA) is 119 Å². The molecular weight excluding hydrogens is 371 g/mol. The van der Waals surface area contributed by atoms with Crippen molar-refractivity contribution in [3.8, 4) is 0 Å². The second kappa shape index (κ2) is 6.91. The van der Waals surface area contributed by atoms with E-state index in [1.807, 2.05) is 6.07 Å². The Morgan fingerprint density at radius 1 is 1.32 bits per heavy atom. The average Bonchev–Trinajstić information content (AvgIpc) is 3.20. The summed E-state index contributed by atoms with van der Waals surface area (Å²) in [5.74, 6) is -0.460. The lowest BCUT2D eigenvalue weighted by molar-refractivity contribution is -0.385. The fraction of sp³-hybridized carbons (Fsp3) is 0.0714. The Bertz CT molecular complexity index is 952. The first kappa shape index (κ1) is 16.9. The maximum Gasteiger partial charge on any atom is 0.319 e. The highest BCUT2D eigenvalue weighted by Gasteiger charge is 2.23.